The zero-order chi connectivity index (χ0) is 12.6. The van der Waals surface area contributed by atoms with Crippen molar-refractivity contribution >= 4 is 11.9 Å². The Kier molecular flexibility index (Phi) is 3.40. The standard InChI is InChI=1S/C13H21NO3/c1-8(9(2)13(16)17)12(15)14(11-5-6-11)7-10-3-4-10/h8-11H,3-7H2,1-2H3,(H,16,17). The van der Waals surface area contributed by atoms with Crippen molar-refractivity contribution in [2.24, 2.45) is 17.8 Å². The maximum absolute atomic E-state index is 12.3. The second-order valence-electron chi connectivity index (χ2n) is 5.58. The molecule has 2 rings (SSSR count). The van der Waals surface area contributed by atoms with Crippen molar-refractivity contribution in [1.29, 1.82) is 0 Å². The Morgan fingerprint density at radius 2 is 1.76 bits per heavy atom. The summed E-state index contributed by atoms with van der Waals surface area (Å²) in [5, 5.41) is 8.96. The van der Waals surface area contributed by atoms with Crippen LogP contribution in [0.1, 0.15) is 39.5 Å². The van der Waals surface area contributed by atoms with E-state index in [1.54, 1.807) is 13.8 Å². The van der Waals surface area contributed by atoms with Gasteiger partial charge in [0.1, 0.15) is 0 Å². The summed E-state index contributed by atoms with van der Waals surface area (Å²) in [6.07, 6.45) is 4.62. The van der Waals surface area contributed by atoms with Crippen molar-refractivity contribution in [3.8, 4) is 0 Å². The molecule has 2 atom stereocenters. The van der Waals surface area contributed by atoms with Gasteiger partial charge in [0.25, 0.3) is 0 Å². The minimum absolute atomic E-state index is 0.0364. The monoisotopic (exact) mass is 239 g/mol. The highest BCUT2D eigenvalue weighted by atomic mass is 16.4. The Hall–Kier alpha value is -1.06. The van der Waals surface area contributed by atoms with Crippen molar-refractivity contribution in [1.82, 2.24) is 4.90 Å². The van der Waals surface area contributed by atoms with E-state index in [1.165, 1.54) is 12.8 Å². The third-order valence-electron chi connectivity index (χ3n) is 3.95. The minimum Gasteiger partial charge on any atom is -0.481 e. The number of carbonyl (C=O) groups is 2. The fourth-order valence-corrected chi connectivity index (χ4v) is 2.07. The van der Waals surface area contributed by atoms with Gasteiger partial charge in [0.15, 0.2) is 0 Å². The lowest BCUT2D eigenvalue weighted by atomic mass is 9.94. The van der Waals surface area contributed by atoms with Crippen molar-refractivity contribution in [3.63, 3.8) is 0 Å². The molecule has 96 valence electrons. The molecule has 0 aromatic rings. The van der Waals surface area contributed by atoms with Crippen LogP contribution in [0.4, 0.5) is 0 Å². The maximum Gasteiger partial charge on any atom is 0.307 e. The topological polar surface area (TPSA) is 57.6 Å². The molecule has 2 unspecified atom stereocenters. The molecule has 0 saturated heterocycles. The van der Waals surface area contributed by atoms with Gasteiger partial charge < -0.3 is 10.0 Å². The highest BCUT2D eigenvalue weighted by Gasteiger charge is 2.39. The molecule has 2 fully saturated rings. The molecule has 0 aromatic heterocycles. The fourth-order valence-electron chi connectivity index (χ4n) is 2.07. The zero-order valence-electron chi connectivity index (χ0n) is 10.6. The first-order chi connectivity index (χ1) is 8.00. The molecule has 0 radical (unpaired) electrons. The molecule has 1 amide bonds. The first-order valence-electron chi connectivity index (χ1n) is 6.54. The third-order valence-corrected chi connectivity index (χ3v) is 3.95. The van der Waals surface area contributed by atoms with Gasteiger partial charge in [-0.1, -0.05) is 13.8 Å². The number of carbonyl (C=O) groups excluding carboxylic acids is 1. The SMILES string of the molecule is CC(C(=O)O)C(C)C(=O)N(CC1CC1)C1CC1. The molecule has 2 aliphatic carbocycles. The normalized spacial score (nSPS) is 22.9. The number of hydrogen-bond donors (Lipinski definition) is 1. The lowest BCUT2D eigenvalue weighted by molar-refractivity contribution is -0.149. The lowest BCUT2D eigenvalue weighted by Gasteiger charge is -2.27. The molecular formula is C13H21NO3. The van der Waals surface area contributed by atoms with Gasteiger partial charge in [-0.2, -0.15) is 0 Å². The van der Waals surface area contributed by atoms with Crippen LogP contribution >= 0.6 is 0 Å². The first-order valence-corrected chi connectivity index (χ1v) is 6.54. The Morgan fingerprint density at radius 3 is 2.18 bits per heavy atom. The van der Waals surface area contributed by atoms with Crippen LogP contribution in [0, 0.1) is 17.8 Å². The van der Waals surface area contributed by atoms with Crippen LogP contribution in [-0.2, 0) is 9.59 Å². The second kappa shape index (κ2) is 4.67. The van der Waals surface area contributed by atoms with Crippen molar-refractivity contribution in [2.45, 2.75) is 45.6 Å². The quantitative estimate of drug-likeness (QED) is 0.768. The Bertz CT molecular complexity index is 321. The number of nitrogens with zero attached hydrogens (tertiary/aromatic N) is 1. The van der Waals surface area contributed by atoms with Crippen LogP contribution in [0.25, 0.3) is 0 Å². The average Bonchev–Trinajstić information content (AvgIpc) is 3.14. The molecule has 0 aliphatic heterocycles. The molecule has 1 N–H and O–H groups in total. The molecule has 2 aliphatic rings. The summed E-state index contributed by atoms with van der Waals surface area (Å²) in [6.45, 7) is 4.21. The highest BCUT2D eigenvalue weighted by Crippen LogP contribution is 2.36. The lowest BCUT2D eigenvalue weighted by Crippen LogP contribution is -2.41. The molecule has 17 heavy (non-hydrogen) atoms. The number of hydrogen-bond acceptors (Lipinski definition) is 2. The van der Waals surface area contributed by atoms with E-state index >= 15 is 0 Å². The molecule has 0 aromatic carbocycles. The van der Waals surface area contributed by atoms with E-state index in [-0.39, 0.29) is 5.91 Å². The van der Waals surface area contributed by atoms with Gasteiger partial charge in [-0.25, -0.2) is 0 Å². The highest BCUT2D eigenvalue weighted by molar-refractivity contribution is 5.84. The summed E-state index contributed by atoms with van der Waals surface area (Å²) in [7, 11) is 0. The van der Waals surface area contributed by atoms with Gasteiger partial charge >= 0.3 is 5.97 Å². The number of carboxylic acid groups (broad SMARTS) is 1. The summed E-state index contributed by atoms with van der Waals surface area (Å²) >= 11 is 0. The van der Waals surface area contributed by atoms with E-state index < -0.39 is 17.8 Å². The van der Waals surface area contributed by atoms with E-state index in [0.29, 0.717) is 12.0 Å². The van der Waals surface area contributed by atoms with Crippen LogP contribution in [-0.4, -0.2) is 34.5 Å². The predicted octanol–water partition coefficient (Wildman–Crippen LogP) is 1.74. The number of rotatable bonds is 6. The number of amides is 1. The van der Waals surface area contributed by atoms with Crippen LogP contribution in [0.15, 0.2) is 0 Å². The Morgan fingerprint density at radius 1 is 1.18 bits per heavy atom. The first kappa shape index (κ1) is 12.4. The van der Waals surface area contributed by atoms with Crippen LogP contribution in [0.2, 0.25) is 0 Å². The summed E-state index contributed by atoms with van der Waals surface area (Å²) in [6, 6.07) is 0.395. The maximum atomic E-state index is 12.3. The van der Waals surface area contributed by atoms with Crippen molar-refractivity contribution in [3.05, 3.63) is 0 Å². The summed E-state index contributed by atoms with van der Waals surface area (Å²) in [5.41, 5.74) is 0. The van der Waals surface area contributed by atoms with Gasteiger partial charge in [0.05, 0.1) is 5.92 Å². The van der Waals surface area contributed by atoms with E-state index in [0.717, 1.165) is 19.4 Å². The predicted molar refractivity (Wildman–Crippen MR) is 63.4 cm³/mol. The van der Waals surface area contributed by atoms with Gasteiger partial charge in [-0.3, -0.25) is 9.59 Å². The van der Waals surface area contributed by atoms with E-state index in [2.05, 4.69) is 0 Å². The van der Waals surface area contributed by atoms with Crippen LogP contribution in [0.5, 0.6) is 0 Å². The van der Waals surface area contributed by atoms with Crippen molar-refractivity contribution in [2.75, 3.05) is 6.54 Å². The van der Waals surface area contributed by atoms with Gasteiger partial charge in [-0.15, -0.1) is 0 Å². The minimum atomic E-state index is -0.881. The second-order valence-corrected chi connectivity index (χ2v) is 5.58. The zero-order valence-corrected chi connectivity index (χ0v) is 10.6. The Labute approximate surface area is 102 Å². The van der Waals surface area contributed by atoms with E-state index in [9.17, 15) is 9.59 Å². The van der Waals surface area contributed by atoms with Gasteiger partial charge in [-0.05, 0) is 31.6 Å². The third kappa shape index (κ3) is 2.99. The molecule has 0 bridgehead atoms. The van der Waals surface area contributed by atoms with Gasteiger partial charge in [0, 0.05) is 18.5 Å². The average molecular weight is 239 g/mol. The summed E-state index contributed by atoms with van der Waals surface area (Å²) < 4.78 is 0. The molecule has 0 heterocycles. The van der Waals surface area contributed by atoms with Gasteiger partial charge in [0.2, 0.25) is 5.91 Å². The molecule has 4 heteroatoms. The fraction of sp³-hybridized carbons (Fsp3) is 0.846. The number of carboxylic acids is 1. The van der Waals surface area contributed by atoms with Crippen LogP contribution in [0.3, 0.4) is 0 Å². The molecule has 0 spiro atoms. The molecular weight excluding hydrogens is 218 g/mol. The van der Waals surface area contributed by atoms with E-state index in [4.69, 9.17) is 5.11 Å². The summed E-state index contributed by atoms with van der Waals surface area (Å²) in [4.78, 5) is 25.2. The van der Waals surface area contributed by atoms with Crippen LogP contribution < -0.4 is 0 Å². The molecule has 2 saturated carbocycles. The van der Waals surface area contributed by atoms with E-state index in [1.807, 2.05) is 4.90 Å². The number of aliphatic carboxylic acids is 1. The molecule has 4 nitrogen and oxygen atoms in total. The smallest absolute Gasteiger partial charge is 0.307 e. The van der Waals surface area contributed by atoms with Crippen molar-refractivity contribution < 1.29 is 14.7 Å². The summed E-state index contributed by atoms with van der Waals surface area (Å²) in [5.74, 6) is -1.18. The Balaban J connectivity index is 1.96. The largest absolute Gasteiger partial charge is 0.481 e.